The maximum atomic E-state index is 10.1. The van der Waals surface area contributed by atoms with Crippen LogP contribution in [0.1, 0.15) is 6.92 Å². The number of benzene rings is 2. The van der Waals surface area contributed by atoms with Crippen molar-refractivity contribution in [1.82, 2.24) is 0 Å². The van der Waals surface area contributed by atoms with Crippen LogP contribution in [0.4, 0.5) is 0 Å². The number of halogens is 1. The minimum Gasteiger partial charge on any atom is -0.504 e. The summed E-state index contributed by atoms with van der Waals surface area (Å²) in [5, 5.41) is 12.1. The summed E-state index contributed by atoms with van der Waals surface area (Å²) in [5.41, 5.74) is 0. The fourth-order valence-corrected chi connectivity index (χ4v) is 1.93. The number of methoxy groups -OCH3 is 1. The van der Waals surface area contributed by atoms with Crippen LogP contribution in [0.2, 0.25) is 5.02 Å². The smallest absolute Gasteiger partial charge is 0.165 e. The molecule has 0 aliphatic heterocycles. The van der Waals surface area contributed by atoms with Gasteiger partial charge in [0.15, 0.2) is 11.5 Å². The van der Waals surface area contributed by atoms with Crippen LogP contribution in [0.25, 0.3) is 10.8 Å². The van der Waals surface area contributed by atoms with Crippen molar-refractivity contribution in [3.05, 3.63) is 29.3 Å². The second-order valence-corrected chi connectivity index (χ2v) is 3.98. The van der Waals surface area contributed by atoms with Gasteiger partial charge in [-0.1, -0.05) is 11.6 Å². The van der Waals surface area contributed by atoms with Crippen LogP contribution in [0.3, 0.4) is 0 Å². The monoisotopic (exact) mass is 252 g/mol. The van der Waals surface area contributed by atoms with Crippen molar-refractivity contribution in [2.75, 3.05) is 13.7 Å². The molecule has 2 aromatic rings. The molecule has 0 aromatic heterocycles. The van der Waals surface area contributed by atoms with Gasteiger partial charge in [-0.2, -0.15) is 0 Å². The Hall–Kier alpha value is -1.61. The summed E-state index contributed by atoms with van der Waals surface area (Å²) >= 11 is 5.93. The summed E-state index contributed by atoms with van der Waals surface area (Å²) in [6, 6.07) is 6.89. The highest BCUT2D eigenvalue weighted by Crippen LogP contribution is 2.41. The van der Waals surface area contributed by atoms with E-state index >= 15 is 0 Å². The molecule has 0 atom stereocenters. The van der Waals surface area contributed by atoms with Crippen molar-refractivity contribution in [3.63, 3.8) is 0 Å². The lowest BCUT2D eigenvalue weighted by atomic mass is 10.1. The molecular weight excluding hydrogens is 240 g/mol. The number of fused-ring (bicyclic) bond motifs is 1. The van der Waals surface area contributed by atoms with Gasteiger partial charge in [-0.25, -0.2) is 0 Å². The molecule has 3 nitrogen and oxygen atoms in total. The van der Waals surface area contributed by atoms with E-state index in [4.69, 9.17) is 21.1 Å². The van der Waals surface area contributed by atoms with Crippen molar-refractivity contribution in [2.45, 2.75) is 6.92 Å². The molecule has 0 amide bonds. The van der Waals surface area contributed by atoms with E-state index in [1.807, 2.05) is 6.92 Å². The van der Waals surface area contributed by atoms with E-state index in [1.54, 1.807) is 31.4 Å². The van der Waals surface area contributed by atoms with Crippen LogP contribution in [-0.2, 0) is 0 Å². The van der Waals surface area contributed by atoms with Gasteiger partial charge in [0.25, 0.3) is 0 Å². The Labute approximate surface area is 105 Å². The van der Waals surface area contributed by atoms with Crippen LogP contribution in [0, 0.1) is 0 Å². The van der Waals surface area contributed by atoms with E-state index in [2.05, 4.69) is 0 Å². The molecule has 0 fully saturated rings. The Morgan fingerprint density at radius 2 is 1.94 bits per heavy atom. The molecule has 0 aliphatic rings. The van der Waals surface area contributed by atoms with E-state index in [0.29, 0.717) is 28.5 Å². The summed E-state index contributed by atoms with van der Waals surface area (Å²) in [5.74, 6) is 1.15. The molecule has 0 saturated heterocycles. The summed E-state index contributed by atoms with van der Waals surface area (Å²) < 4.78 is 10.6. The van der Waals surface area contributed by atoms with Crippen molar-refractivity contribution >= 4 is 22.4 Å². The Morgan fingerprint density at radius 3 is 2.59 bits per heavy atom. The summed E-state index contributed by atoms with van der Waals surface area (Å²) in [6.45, 7) is 2.34. The topological polar surface area (TPSA) is 38.7 Å². The van der Waals surface area contributed by atoms with Gasteiger partial charge >= 0.3 is 0 Å². The first kappa shape index (κ1) is 11.9. The van der Waals surface area contributed by atoms with Gasteiger partial charge < -0.3 is 14.6 Å². The molecule has 0 unspecified atom stereocenters. The van der Waals surface area contributed by atoms with Gasteiger partial charge in [-0.05, 0) is 25.1 Å². The van der Waals surface area contributed by atoms with Crippen molar-refractivity contribution in [2.24, 2.45) is 0 Å². The van der Waals surface area contributed by atoms with Gasteiger partial charge in [-0.15, -0.1) is 0 Å². The molecule has 2 aromatic carbocycles. The van der Waals surface area contributed by atoms with E-state index < -0.39 is 0 Å². The van der Waals surface area contributed by atoms with E-state index in [9.17, 15) is 5.11 Å². The highest BCUT2D eigenvalue weighted by molar-refractivity contribution is 6.31. The second kappa shape index (κ2) is 4.72. The molecular formula is C13H13ClO3. The van der Waals surface area contributed by atoms with E-state index in [1.165, 1.54) is 0 Å². The number of phenols is 1. The third-order valence-electron chi connectivity index (χ3n) is 2.52. The molecule has 0 radical (unpaired) electrons. The van der Waals surface area contributed by atoms with Crippen LogP contribution in [-0.4, -0.2) is 18.8 Å². The lowest BCUT2D eigenvalue weighted by Gasteiger charge is -2.12. The molecule has 1 N–H and O–H groups in total. The van der Waals surface area contributed by atoms with E-state index in [-0.39, 0.29) is 5.75 Å². The lowest BCUT2D eigenvalue weighted by Crippen LogP contribution is -1.94. The van der Waals surface area contributed by atoms with Crippen LogP contribution < -0.4 is 9.47 Å². The molecule has 0 spiro atoms. The van der Waals surface area contributed by atoms with Gasteiger partial charge in [-0.3, -0.25) is 0 Å². The average Bonchev–Trinajstić information content (AvgIpc) is 2.33. The summed E-state index contributed by atoms with van der Waals surface area (Å²) in [7, 11) is 1.57. The largest absolute Gasteiger partial charge is 0.504 e. The standard InChI is InChI=1S/C13H13ClO3/c1-3-17-12-7-11(16-2)10-6-8(14)4-5-9(10)13(12)15/h4-7,15H,3H2,1-2H3. The molecule has 0 aliphatic carbocycles. The minimum absolute atomic E-state index is 0.110. The lowest BCUT2D eigenvalue weighted by molar-refractivity contribution is 0.317. The number of aromatic hydroxyl groups is 1. The fraction of sp³-hybridized carbons (Fsp3) is 0.231. The Balaban J connectivity index is 2.75. The number of hydrogen-bond donors (Lipinski definition) is 1. The maximum Gasteiger partial charge on any atom is 0.165 e. The predicted molar refractivity (Wildman–Crippen MR) is 68.3 cm³/mol. The average molecular weight is 253 g/mol. The molecule has 2 rings (SSSR count). The predicted octanol–water partition coefficient (Wildman–Crippen LogP) is 3.61. The quantitative estimate of drug-likeness (QED) is 0.907. The fourth-order valence-electron chi connectivity index (χ4n) is 1.76. The molecule has 90 valence electrons. The van der Waals surface area contributed by atoms with Crippen LogP contribution in [0.5, 0.6) is 17.2 Å². The molecule has 0 saturated carbocycles. The van der Waals surface area contributed by atoms with Crippen molar-refractivity contribution < 1.29 is 14.6 Å². The van der Waals surface area contributed by atoms with Crippen LogP contribution >= 0.6 is 11.6 Å². The molecule has 17 heavy (non-hydrogen) atoms. The maximum absolute atomic E-state index is 10.1. The first-order chi connectivity index (χ1) is 8.17. The highest BCUT2D eigenvalue weighted by atomic mass is 35.5. The Bertz CT molecular complexity index is 552. The zero-order chi connectivity index (χ0) is 12.4. The van der Waals surface area contributed by atoms with Gasteiger partial charge in [0.05, 0.1) is 13.7 Å². The highest BCUT2D eigenvalue weighted by Gasteiger charge is 2.13. The first-order valence-electron chi connectivity index (χ1n) is 5.29. The molecule has 4 heteroatoms. The van der Waals surface area contributed by atoms with Crippen LogP contribution in [0.15, 0.2) is 24.3 Å². The third kappa shape index (κ3) is 2.11. The first-order valence-corrected chi connectivity index (χ1v) is 5.67. The number of rotatable bonds is 3. The number of phenolic OH excluding ortho intramolecular Hbond substituents is 1. The summed E-state index contributed by atoms with van der Waals surface area (Å²) in [4.78, 5) is 0. The second-order valence-electron chi connectivity index (χ2n) is 3.55. The summed E-state index contributed by atoms with van der Waals surface area (Å²) in [6.07, 6.45) is 0. The normalized spacial score (nSPS) is 10.5. The minimum atomic E-state index is 0.110. The van der Waals surface area contributed by atoms with Gasteiger partial charge in [0, 0.05) is 21.9 Å². The van der Waals surface area contributed by atoms with Crippen molar-refractivity contribution in [3.8, 4) is 17.2 Å². The zero-order valence-electron chi connectivity index (χ0n) is 9.66. The third-order valence-corrected chi connectivity index (χ3v) is 2.75. The zero-order valence-corrected chi connectivity index (χ0v) is 10.4. The molecule has 0 heterocycles. The van der Waals surface area contributed by atoms with Gasteiger partial charge in [0.1, 0.15) is 5.75 Å². The SMILES string of the molecule is CCOc1cc(OC)c2cc(Cl)ccc2c1O. The molecule has 0 bridgehead atoms. The Morgan fingerprint density at radius 1 is 1.18 bits per heavy atom. The van der Waals surface area contributed by atoms with E-state index in [0.717, 1.165) is 5.39 Å². The van der Waals surface area contributed by atoms with Gasteiger partial charge in [0.2, 0.25) is 0 Å². The number of ether oxygens (including phenoxy) is 2. The van der Waals surface area contributed by atoms with Crippen molar-refractivity contribution in [1.29, 1.82) is 0 Å². The Kier molecular flexibility index (Phi) is 3.29. The number of hydrogen-bond acceptors (Lipinski definition) is 3.